The number of amides is 4. The number of nitrogens with zero attached hydrogens (tertiary/aromatic N) is 4. The Hall–Kier alpha value is -3.99. The Morgan fingerprint density at radius 1 is 1.24 bits per heavy atom. The number of methoxy groups -OCH3 is 1. The molecule has 5 heterocycles. The van der Waals surface area contributed by atoms with Crippen LogP contribution in [0.25, 0.3) is 0 Å². The minimum Gasteiger partial charge on any atom is -0.472 e. The number of nitriles is 1. The van der Waals surface area contributed by atoms with E-state index in [2.05, 4.69) is 21.7 Å². The van der Waals surface area contributed by atoms with Gasteiger partial charge >= 0.3 is 6.09 Å². The van der Waals surface area contributed by atoms with Crippen molar-refractivity contribution in [3.63, 3.8) is 0 Å². The van der Waals surface area contributed by atoms with E-state index in [1.807, 2.05) is 6.92 Å². The topological polar surface area (TPSA) is 163 Å². The van der Waals surface area contributed by atoms with Gasteiger partial charge in [0.15, 0.2) is 11.6 Å². The third kappa shape index (κ3) is 4.61. The molecule has 3 saturated heterocycles. The summed E-state index contributed by atoms with van der Waals surface area (Å²) < 4.78 is 31.9. The fourth-order valence-corrected chi connectivity index (χ4v) is 8.93. The number of halogens is 1. The smallest absolute Gasteiger partial charge is 0.407 e. The quantitative estimate of drug-likeness (QED) is 0.507. The first-order chi connectivity index (χ1) is 21.6. The van der Waals surface area contributed by atoms with Gasteiger partial charge in [0.2, 0.25) is 17.4 Å². The van der Waals surface area contributed by atoms with Crippen LogP contribution in [0.5, 0.6) is 5.75 Å². The van der Waals surface area contributed by atoms with Gasteiger partial charge in [-0.05, 0) is 61.5 Å². The second-order valence-electron chi connectivity index (χ2n) is 13.6. The zero-order chi connectivity index (χ0) is 31.7. The number of nitrogens with one attached hydrogen (secondary N) is 2. The first-order valence-corrected chi connectivity index (χ1v) is 15.6. The second kappa shape index (κ2) is 10.8. The number of fused-ring (bicyclic) bond motifs is 6. The Balaban J connectivity index is 1.23. The van der Waals surface area contributed by atoms with Crippen LogP contribution in [-0.2, 0) is 23.9 Å². The van der Waals surface area contributed by atoms with Gasteiger partial charge < -0.3 is 34.6 Å². The maximum atomic E-state index is 15.3. The highest BCUT2D eigenvalue weighted by atomic mass is 19.1. The number of aromatic nitrogens is 1. The van der Waals surface area contributed by atoms with Gasteiger partial charge in [0.05, 0.1) is 19.7 Å². The predicted octanol–water partition coefficient (Wildman–Crippen LogP) is 1.64. The van der Waals surface area contributed by atoms with Crippen LogP contribution < -0.4 is 15.4 Å². The fraction of sp³-hybridized carbons (Fsp3) is 0.677. The average Bonchev–Trinajstić information content (AvgIpc) is 3.79. The number of hydrogen-bond acceptors (Lipinski definition) is 9. The van der Waals surface area contributed by atoms with Gasteiger partial charge in [-0.25, -0.2) is 14.2 Å². The van der Waals surface area contributed by atoms with Gasteiger partial charge in [-0.15, -0.1) is 0 Å². The summed E-state index contributed by atoms with van der Waals surface area (Å²) in [7, 11) is 1.22. The molecule has 2 bridgehead atoms. The van der Waals surface area contributed by atoms with Crippen LogP contribution in [0.4, 0.5) is 15.0 Å². The maximum absolute atomic E-state index is 15.3. The van der Waals surface area contributed by atoms with Crippen LogP contribution in [0, 0.1) is 40.4 Å². The summed E-state index contributed by atoms with van der Waals surface area (Å²) in [6.45, 7) is 2.75. The molecule has 0 radical (unpaired) electrons. The Morgan fingerprint density at radius 2 is 2.02 bits per heavy atom. The maximum Gasteiger partial charge on any atom is 0.407 e. The van der Waals surface area contributed by atoms with E-state index >= 15 is 4.39 Å². The summed E-state index contributed by atoms with van der Waals surface area (Å²) in [6.07, 6.45) is 1.61. The van der Waals surface area contributed by atoms with E-state index in [-0.39, 0.29) is 37.2 Å². The van der Waals surface area contributed by atoms with Crippen molar-refractivity contribution >= 4 is 29.6 Å². The molecule has 7 rings (SSSR count). The van der Waals surface area contributed by atoms with Gasteiger partial charge in [0.1, 0.15) is 24.3 Å². The van der Waals surface area contributed by atoms with E-state index in [9.17, 15) is 24.4 Å². The molecule has 0 aromatic carbocycles. The van der Waals surface area contributed by atoms with E-state index in [0.717, 1.165) is 0 Å². The number of pyridine rings is 1. The average molecular weight is 625 g/mol. The van der Waals surface area contributed by atoms with E-state index in [1.54, 1.807) is 12.1 Å². The standard InChI is InChI=1S/C31H37FN6O7/c1-30(5-8-44-9-6-30)24(35-29(42)43-2)27(40)37-14-19-16-10-18(20(32)11-16)22(19)23(37)26(39)38-15-31(12-17(38)13-33)28(41)36-25-21(45-31)4-3-7-34-25/h3-4,7,16-20,22-24H,5-6,8-12,14-15H2,1-2H3,(H,35,42)(H,34,36,41)/t16-,17-,18+,19+,20+,22-,23-,24+,31+/m0/s1. The second-order valence-corrected chi connectivity index (χ2v) is 13.6. The van der Waals surface area contributed by atoms with Gasteiger partial charge in [-0.3, -0.25) is 14.4 Å². The van der Waals surface area contributed by atoms with Gasteiger partial charge in [-0.2, -0.15) is 5.26 Å². The molecule has 6 aliphatic rings. The first-order valence-electron chi connectivity index (χ1n) is 15.6. The van der Waals surface area contributed by atoms with E-state index in [1.165, 1.54) is 23.1 Å². The number of carbonyl (C=O) groups is 4. The van der Waals surface area contributed by atoms with Crippen LogP contribution >= 0.6 is 0 Å². The molecule has 4 amide bonds. The lowest BCUT2D eigenvalue weighted by atomic mass is 9.74. The van der Waals surface area contributed by atoms with Crippen molar-refractivity contribution in [3.8, 4) is 11.8 Å². The Bertz CT molecular complexity index is 1460. The van der Waals surface area contributed by atoms with Gasteiger partial charge in [-0.1, -0.05) is 6.92 Å². The molecule has 45 heavy (non-hydrogen) atoms. The highest BCUT2D eigenvalue weighted by molar-refractivity contribution is 6.01. The number of rotatable bonds is 4. The van der Waals surface area contributed by atoms with Crippen molar-refractivity contribution in [1.82, 2.24) is 20.1 Å². The molecule has 2 saturated carbocycles. The molecule has 2 N–H and O–H groups in total. The van der Waals surface area contributed by atoms with Crippen LogP contribution in [0.3, 0.4) is 0 Å². The first kappa shape index (κ1) is 29.7. The molecule has 9 atom stereocenters. The lowest BCUT2D eigenvalue weighted by Crippen LogP contribution is -2.61. The third-order valence-corrected chi connectivity index (χ3v) is 11.3. The lowest BCUT2D eigenvalue weighted by molar-refractivity contribution is -0.150. The van der Waals surface area contributed by atoms with Crippen molar-refractivity contribution < 1.29 is 37.8 Å². The van der Waals surface area contributed by atoms with Crippen molar-refractivity contribution in [2.75, 3.05) is 38.7 Å². The molecule has 4 aliphatic heterocycles. The molecule has 240 valence electrons. The highest BCUT2D eigenvalue weighted by Gasteiger charge is 2.65. The molecular weight excluding hydrogens is 587 g/mol. The summed E-state index contributed by atoms with van der Waals surface area (Å²) in [5.41, 5.74) is -2.21. The Labute approximate surface area is 259 Å². The van der Waals surface area contributed by atoms with Gasteiger partial charge in [0.25, 0.3) is 5.91 Å². The summed E-state index contributed by atoms with van der Waals surface area (Å²) in [5, 5.41) is 15.7. The number of alkyl halides is 1. The van der Waals surface area contributed by atoms with E-state index < -0.39 is 71.0 Å². The Morgan fingerprint density at radius 3 is 2.76 bits per heavy atom. The number of carbonyl (C=O) groups excluding carboxylic acids is 4. The molecule has 14 heteroatoms. The molecule has 1 spiro atoms. The van der Waals surface area contributed by atoms with E-state index in [0.29, 0.717) is 44.6 Å². The molecule has 1 aromatic rings. The van der Waals surface area contributed by atoms with Crippen molar-refractivity contribution in [1.29, 1.82) is 5.26 Å². The zero-order valence-electron chi connectivity index (χ0n) is 25.2. The molecular formula is C31H37FN6O7. The number of ether oxygens (including phenoxy) is 3. The molecule has 13 nitrogen and oxygen atoms in total. The summed E-state index contributed by atoms with van der Waals surface area (Å²) in [5.74, 6) is -1.80. The highest BCUT2D eigenvalue weighted by Crippen LogP contribution is 2.59. The van der Waals surface area contributed by atoms with Crippen LogP contribution in [0.1, 0.15) is 39.0 Å². The SMILES string of the molecule is COC(=O)N[C@H](C(=O)N1C[C@@H]2[C@H]3C[C@@H]([C@@H]2[C@H]1C(=O)N1C[C@@]2(C[C@H]1C#N)Oc1cccnc1NC2=O)[C@H](F)C3)C1(C)CCOCC1. The largest absolute Gasteiger partial charge is 0.472 e. The fourth-order valence-electron chi connectivity index (χ4n) is 8.93. The lowest BCUT2D eigenvalue weighted by Gasteiger charge is -2.42. The van der Waals surface area contributed by atoms with Crippen molar-refractivity contribution in [2.24, 2.45) is 29.1 Å². The van der Waals surface area contributed by atoms with E-state index in [4.69, 9.17) is 14.2 Å². The minimum absolute atomic E-state index is 0.0296. The molecule has 2 aliphatic carbocycles. The number of anilines is 1. The molecule has 0 unspecified atom stereocenters. The summed E-state index contributed by atoms with van der Waals surface area (Å²) >= 11 is 0. The number of alkyl carbamates (subject to hydrolysis) is 1. The van der Waals surface area contributed by atoms with Crippen LogP contribution in [-0.4, -0.2) is 102 Å². The summed E-state index contributed by atoms with van der Waals surface area (Å²) in [6, 6.07) is 2.37. The van der Waals surface area contributed by atoms with Gasteiger partial charge in [0, 0.05) is 37.8 Å². The Kier molecular flexibility index (Phi) is 7.14. The monoisotopic (exact) mass is 624 g/mol. The molecule has 1 aromatic heterocycles. The minimum atomic E-state index is -1.53. The molecule has 5 fully saturated rings. The normalized spacial score (nSPS) is 36.4. The van der Waals surface area contributed by atoms with Crippen molar-refractivity contribution in [3.05, 3.63) is 18.3 Å². The number of hydrogen-bond donors (Lipinski definition) is 2. The van der Waals surface area contributed by atoms with Crippen molar-refractivity contribution in [2.45, 2.75) is 68.9 Å². The predicted molar refractivity (Wildman–Crippen MR) is 153 cm³/mol. The summed E-state index contributed by atoms with van der Waals surface area (Å²) in [4.78, 5) is 62.2. The third-order valence-electron chi connectivity index (χ3n) is 11.3. The number of likely N-dealkylation sites (tertiary alicyclic amines) is 2. The zero-order valence-corrected chi connectivity index (χ0v) is 25.2. The van der Waals surface area contributed by atoms with Crippen LogP contribution in [0.2, 0.25) is 0 Å². The van der Waals surface area contributed by atoms with Crippen LogP contribution in [0.15, 0.2) is 18.3 Å².